The monoisotopic (exact) mass is 586 g/mol. The number of halogens is 4. The number of rotatable bonds is 5. The van der Waals surface area contributed by atoms with Crippen LogP contribution in [0.25, 0.3) is 10.9 Å². The summed E-state index contributed by atoms with van der Waals surface area (Å²) in [6.07, 6.45) is -2.17. The van der Waals surface area contributed by atoms with E-state index in [0.29, 0.717) is 41.0 Å². The van der Waals surface area contributed by atoms with Crippen LogP contribution in [0.4, 0.5) is 30.2 Å². The van der Waals surface area contributed by atoms with Gasteiger partial charge in [-0.3, -0.25) is 9.69 Å². The number of ether oxygens (including phenoxy) is 2. The van der Waals surface area contributed by atoms with Crippen LogP contribution < -0.4 is 20.9 Å². The summed E-state index contributed by atoms with van der Waals surface area (Å²) in [6, 6.07) is 9.46. The average Bonchev–Trinajstić information content (AvgIpc) is 3.79. The van der Waals surface area contributed by atoms with Crippen molar-refractivity contribution in [2.75, 3.05) is 30.3 Å². The molecule has 1 saturated carbocycles. The second-order valence-corrected chi connectivity index (χ2v) is 11.5. The Kier molecular flexibility index (Phi) is 6.12. The zero-order valence-corrected chi connectivity index (χ0v) is 22.7. The minimum atomic E-state index is -4.22. The van der Waals surface area contributed by atoms with Crippen LogP contribution in [0.15, 0.2) is 29.1 Å². The number of nitrogens with zero attached hydrogens (tertiary/aromatic N) is 4. The molecule has 2 N–H and O–H groups in total. The lowest BCUT2D eigenvalue weighted by Crippen LogP contribution is -2.54. The van der Waals surface area contributed by atoms with Gasteiger partial charge in [-0.05, 0) is 43.0 Å². The van der Waals surface area contributed by atoms with E-state index in [1.807, 2.05) is 12.1 Å². The highest BCUT2D eigenvalue weighted by molar-refractivity contribution is 6.31. The van der Waals surface area contributed by atoms with E-state index in [0.717, 1.165) is 30.2 Å². The van der Waals surface area contributed by atoms with Crippen LogP contribution in [-0.2, 0) is 11.8 Å². The van der Waals surface area contributed by atoms with Crippen LogP contribution in [0.3, 0.4) is 0 Å². The van der Waals surface area contributed by atoms with Crippen LogP contribution >= 0.6 is 11.6 Å². The highest BCUT2D eigenvalue weighted by atomic mass is 35.5. The van der Waals surface area contributed by atoms with E-state index in [-0.39, 0.29) is 35.4 Å². The van der Waals surface area contributed by atoms with Crippen LogP contribution in [0.1, 0.15) is 36.6 Å². The molecule has 0 bridgehead atoms. The zero-order chi connectivity index (χ0) is 28.6. The first kappa shape index (κ1) is 26.4. The van der Waals surface area contributed by atoms with Gasteiger partial charge in [0.1, 0.15) is 29.1 Å². The maximum absolute atomic E-state index is 13.1. The maximum atomic E-state index is 13.1. The predicted molar refractivity (Wildman–Crippen MR) is 145 cm³/mol. The van der Waals surface area contributed by atoms with Crippen LogP contribution in [0.5, 0.6) is 5.75 Å². The van der Waals surface area contributed by atoms with E-state index in [4.69, 9.17) is 21.1 Å². The zero-order valence-electron chi connectivity index (χ0n) is 22.0. The summed E-state index contributed by atoms with van der Waals surface area (Å²) in [5.74, 6) is -0.503. The fourth-order valence-electron chi connectivity index (χ4n) is 5.84. The Bertz CT molecular complexity index is 1660. The summed E-state index contributed by atoms with van der Waals surface area (Å²) < 4.78 is 51.9. The standard InChI is InChI=1S/C28H26ClF3N6O3/c1-37-21-5-4-15(8-16(21)22-24(26(37)39)40-7-6-18(35-22)13-2-3-13)34-19-9-20(36-25(29)17(19)10-33)23-27(41-23)38-11-14(12-38)28(30,31)32/h4-5,8-9,13-14,18,23,27,35H,2-3,6-7,11-12H2,1H3,(H,34,36)/t18-,23?,27?/m1/s1. The van der Waals surface area contributed by atoms with Gasteiger partial charge in [-0.25, -0.2) is 4.98 Å². The molecular weight excluding hydrogens is 561 g/mol. The van der Waals surface area contributed by atoms with Crippen molar-refractivity contribution in [2.45, 2.75) is 43.8 Å². The van der Waals surface area contributed by atoms with Crippen LogP contribution in [0.2, 0.25) is 5.15 Å². The molecule has 214 valence electrons. The molecule has 2 saturated heterocycles. The lowest BCUT2D eigenvalue weighted by Gasteiger charge is -2.39. The Morgan fingerprint density at radius 2 is 2.00 bits per heavy atom. The van der Waals surface area contributed by atoms with Gasteiger partial charge in [0.15, 0.2) is 0 Å². The highest BCUT2D eigenvalue weighted by Crippen LogP contribution is 2.47. The molecule has 1 aliphatic carbocycles. The predicted octanol–water partition coefficient (Wildman–Crippen LogP) is 5.07. The van der Waals surface area contributed by atoms with Crippen molar-refractivity contribution in [3.05, 3.63) is 51.0 Å². The van der Waals surface area contributed by atoms with E-state index in [9.17, 15) is 23.2 Å². The van der Waals surface area contributed by atoms with Gasteiger partial charge in [0.05, 0.1) is 35.1 Å². The number of nitrogens with one attached hydrogen (secondary N) is 2. The topological polar surface area (TPSA) is 108 Å². The molecule has 1 aromatic carbocycles. The number of likely N-dealkylation sites (tertiary alicyclic amines) is 1. The number of fused-ring (bicyclic) bond motifs is 3. The molecule has 2 unspecified atom stereocenters. The number of nitriles is 1. The second-order valence-electron chi connectivity index (χ2n) is 11.2. The maximum Gasteiger partial charge on any atom is 0.394 e. The molecule has 13 heteroatoms. The Labute approximate surface area is 237 Å². The average molecular weight is 587 g/mol. The Morgan fingerprint density at radius 1 is 1.22 bits per heavy atom. The third kappa shape index (κ3) is 4.66. The molecule has 2 aromatic heterocycles. The van der Waals surface area contributed by atoms with Gasteiger partial charge < -0.3 is 24.7 Å². The number of alkyl halides is 3. The number of aryl methyl sites for hydroxylation is 1. The van der Waals surface area contributed by atoms with E-state index < -0.39 is 24.4 Å². The quantitative estimate of drug-likeness (QED) is 0.315. The molecule has 5 heterocycles. The molecule has 0 amide bonds. The molecule has 4 aliphatic rings. The summed E-state index contributed by atoms with van der Waals surface area (Å²) in [5, 5.41) is 17.4. The van der Waals surface area contributed by atoms with Crippen LogP contribution in [0, 0.1) is 23.2 Å². The minimum absolute atomic E-state index is 0.0297. The Hall–Kier alpha value is -3.53. The van der Waals surface area contributed by atoms with Crippen molar-refractivity contribution in [1.82, 2.24) is 14.5 Å². The highest BCUT2D eigenvalue weighted by Gasteiger charge is 2.56. The minimum Gasteiger partial charge on any atom is -0.486 e. The first-order chi connectivity index (χ1) is 19.6. The van der Waals surface area contributed by atoms with E-state index in [1.54, 1.807) is 28.6 Å². The van der Waals surface area contributed by atoms with Gasteiger partial charge in [0.25, 0.3) is 5.56 Å². The Morgan fingerprint density at radius 3 is 2.71 bits per heavy atom. The van der Waals surface area contributed by atoms with Gasteiger partial charge in [0.2, 0.25) is 5.75 Å². The number of epoxide rings is 1. The van der Waals surface area contributed by atoms with Crippen molar-refractivity contribution in [2.24, 2.45) is 18.9 Å². The number of benzene rings is 1. The van der Waals surface area contributed by atoms with Gasteiger partial charge in [-0.1, -0.05) is 11.6 Å². The van der Waals surface area contributed by atoms with Crippen molar-refractivity contribution in [3.8, 4) is 11.8 Å². The molecule has 3 atom stereocenters. The van der Waals surface area contributed by atoms with Crippen molar-refractivity contribution >= 4 is 39.6 Å². The third-order valence-corrected chi connectivity index (χ3v) is 8.70. The van der Waals surface area contributed by atoms with Gasteiger partial charge in [0, 0.05) is 43.7 Å². The number of hydrogen-bond acceptors (Lipinski definition) is 8. The molecule has 3 aromatic rings. The molecule has 3 fully saturated rings. The van der Waals surface area contributed by atoms with Crippen LogP contribution in [-0.4, -0.2) is 52.6 Å². The largest absolute Gasteiger partial charge is 0.486 e. The normalized spacial score (nSPS) is 24.4. The number of pyridine rings is 2. The third-order valence-electron chi connectivity index (χ3n) is 8.43. The fourth-order valence-corrected chi connectivity index (χ4v) is 6.08. The summed E-state index contributed by atoms with van der Waals surface area (Å²) in [7, 11) is 1.70. The SMILES string of the molecule is Cn1c(=O)c2c(c3cc(Nc4cc(C5OC5N5CC(C(F)(F)F)C5)nc(Cl)c4C#N)ccc31)N[C@@H](C1CC1)CCO2. The van der Waals surface area contributed by atoms with Gasteiger partial charge in [-0.2, -0.15) is 18.4 Å². The van der Waals surface area contributed by atoms with E-state index >= 15 is 0 Å². The molecule has 0 radical (unpaired) electrons. The molecule has 9 nitrogen and oxygen atoms in total. The van der Waals surface area contributed by atoms with Gasteiger partial charge >= 0.3 is 6.18 Å². The van der Waals surface area contributed by atoms with Crippen molar-refractivity contribution in [1.29, 1.82) is 5.26 Å². The Balaban J connectivity index is 1.20. The summed E-state index contributed by atoms with van der Waals surface area (Å²) in [4.78, 5) is 19.0. The molecule has 0 spiro atoms. The van der Waals surface area contributed by atoms with E-state index in [1.165, 1.54) is 0 Å². The van der Waals surface area contributed by atoms with Crippen molar-refractivity contribution in [3.63, 3.8) is 0 Å². The number of anilines is 3. The van der Waals surface area contributed by atoms with Crippen molar-refractivity contribution < 1.29 is 22.6 Å². The summed E-state index contributed by atoms with van der Waals surface area (Å²) in [5.41, 5.74) is 2.76. The van der Waals surface area contributed by atoms with Gasteiger partial charge in [-0.15, -0.1) is 0 Å². The lowest BCUT2D eigenvalue weighted by atomic mass is 9.99. The number of hydrogen-bond donors (Lipinski definition) is 2. The summed E-state index contributed by atoms with van der Waals surface area (Å²) >= 11 is 6.37. The van der Waals surface area contributed by atoms with E-state index in [2.05, 4.69) is 21.7 Å². The molecule has 3 aliphatic heterocycles. The molecular formula is C28H26ClF3N6O3. The number of aromatic nitrogens is 2. The summed E-state index contributed by atoms with van der Waals surface area (Å²) in [6.45, 7) is 0.217. The fraction of sp³-hybridized carbons (Fsp3) is 0.464. The first-order valence-electron chi connectivity index (χ1n) is 13.5. The molecule has 7 rings (SSSR count). The first-order valence-corrected chi connectivity index (χ1v) is 13.9. The molecule has 41 heavy (non-hydrogen) atoms. The lowest BCUT2D eigenvalue weighted by molar-refractivity contribution is -0.213. The smallest absolute Gasteiger partial charge is 0.394 e. The second kappa shape index (κ2) is 9.51.